The lowest BCUT2D eigenvalue weighted by Gasteiger charge is -2.18. The van der Waals surface area contributed by atoms with E-state index in [0.29, 0.717) is 19.4 Å². The maximum atomic E-state index is 12.9. The Bertz CT molecular complexity index is 1130. The van der Waals surface area contributed by atoms with Gasteiger partial charge in [0.2, 0.25) is 0 Å². The normalized spacial score (nSPS) is 12.6. The maximum Gasteiger partial charge on any atom is 0.306 e. The number of ether oxygens (including phenoxy) is 3. The quantitative estimate of drug-likeness (QED) is 0.0346. The highest BCUT2D eigenvalue weighted by Gasteiger charge is 2.17. The van der Waals surface area contributed by atoms with E-state index in [4.69, 9.17) is 14.2 Å². The van der Waals surface area contributed by atoms with Gasteiger partial charge < -0.3 is 14.2 Å². The van der Waals surface area contributed by atoms with E-state index in [0.717, 1.165) is 83.5 Å². The summed E-state index contributed by atoms with van der Waals surface area (Å²) in [6, 6.07) is 0. The van der Waals surface area contributed by atoms with Gasteiger partial charge >= 0.3 is 11.9 Å². The molecule has 0 aliphatic heterocycles. The van der Waals surface area contributed by atoms with E-state index < -0.39 is 6.10 Å². The summed E-state index contributed by atoms with van der Waals surface area (Å²) in [6.07, 6.45) is 72.4. The molecule has 66 heavy (non-hydrogen) atoms. The van der Waals surface area contributed by atoms with Gasteiger partial charge in [0.1, 0.15) is 6.61 Å². The van der Waals surface area contributed by atoms with Crippen molar-refractivity contribution < 1.29 is 23.8 Å². The fourth-order valence-corrected chi connectivity index (χ4v) is 8.26. The van der Waals surface area contributed by atoms with E-state index >= 15 is 0 Å². The number of unbranched alkanes of at least 4 members (excludes halogenated alkanes) is 32. The number of hydrogen-bond donors (Lipinski definition) is 0. The largest absolute Gasteiger partial charge is 0.462 e. The Labute approximate surface area is 411 Å². The SMILES string of the molecule is CC/C=C\C/C=C\C/C=C\C/C=C\CCCCCCC(=O)OCC(COCCCCCCCC/C=C\CCCCCCCC)OC(=O)CCCCCCCCCCCCCCCCCCC. The summed E-state index contributed by atoms with van der Waals surface area (Å²) in [5.41, 5.74) is 0. The molecule has 0 aromatic heterocycles. The van der Waals surface area contributed by atoms with Crippen LogP contribution in [0.5, 0.6) is 0 Å². The number of hydrogen-bond acceptors (Lipinski definition) is 5. The van der Waals surface area contributed by atoms with Crippen LogP contribution in [-0.2, 0) is 23.8 Å². The first-order valence-corrected chi connectivity index (χ1v) is 28.8. The third-order valence-electron chi connectivity index (χ3n) is 12.5. The highest BCUT2D eigenvalue weighted by atomic mass is 16.6. The van der Waals surface area contributed by atoms with Crippen molar-refractivity contribution >= 4 is 11.9 Å². The van der Waals surface area contributed by atoms with Crippen molar-refractivity contribution in [3.05, 3.63) is 60.8 Å². The zero-order chi connectivity index (χ0) is 47.7. The Morgan fingerprint density at radius 1 is 0.348 bits per heavy atom. The second-order valence-corrected chi connectivity index (χ2v) is 19.2. The van der Waals surface area contributed by atoms with E-state index in [1.54, 1.807) is 0 Å². The number of esters is 2. The van der Waals surface area contributed by atoms with Gasteiger partial charge in [-0.25, -0.2) is 0 Å². The third-order valence-corrected chi connectivity index (χ3v) is 12.5. The topological polar surface area (TPSA) is 61.8 Å². The third kappa shape index (κ3) is 54.2. The van der Waals surface area contributed by atoms with Gasteiger partial charge in [-0.3, -0.25) is 9.59 Å². The summed E-state index contributed by atoms with van der Waals surface area (Å²) in [7, 11) is 0. The van der Waals surface area contributed by atoms with E-state index in [-0.39, 0.29) is 25.2 Å². The summed E-state index contributed by atoms with van der Waals surface area (Å²) in [5.74, 6) is -0.414. The Morgan fingerprint density at radius 2 is 0.682 bits per heavy atom. The van der Waals surface area contributed by atoms with E-state index in [1.165, 1.54) is 173 Å². The molecule has 0 fully saturated rings. The standard InChI is InChI=1S/C61H110O5/c1-4-7-10-13-16-19-22-25-28-31-33-36-39-42-45-48-51-54-60(62)65-58-59(57-64-56-53-50-47-44-41-38-35-30-27-24-21-18-15-12-9-6-3)66-61(63)55-52-49-46-43-40-37-34-32-29-26-23-20-17-14-11-8-5-2/h7,10,16,19,25,27-28,30,33,36,59H,4-6,8-9,11-15,17-18,20-24,26,29,31-32,34-35,37-58H2,1-3H3/b10-7-,19-16-,28-25-,30-27-,36-33-. The molecule has 5 nitrogen and oxygen atoms in total. The summed E-state index contributed by atoms with van der Waals surface area (Å²) in [5, 5.41) is 0. The lowest BCUT2D eigenvalue weighted by molar-refractivity contribution is -0.163. The summed E-state index contributed by atoms with van der Waals surface area (Å²) in [6.45, 7) is 7.72. The molecule has 0 saturated carbocycles. The zero-order valence-electron chi connectivity index (χ0n) is 44.2. The Morgan fingerprint density at radius 3 is 1.11 bits per heavy atom. The van der Waals surface area contributed by atoms with Crippen LogP contribution in [0.1, 0.15) is 290 Å². The Hall–Kier alpha value is -2.40. The molecule has 0 aliphatic carbocycles. The molecule has 0 rings (SSSR count). The van der Waals surface area contributed by atoms with Gasteiger partial charge in [-0.1, -0.05) is 255 Å². The smallest absolute Gasteiger partial charge is 0.306 e. The summed E-state index contributed by atoms with van der Waals surface area (Å²) >= 11 is 0. The molecule has 5 heteroatoms. The Kier molecular flexibility index (Phi) is 54.9. The minimum absolute atomic E-state index is 0.0723. The van der Waals surface area contributed by atoms with Crippen LogP contribution in [0.4, 0.5) is 0 Å². The van der Waals surface area contributed by atoms with Gasteiger partial charge in [-0.15, -0.1) is 0 Å². The van der Waals surface area contributed by atoms with Crippen molar-refractivity contribution in [1.29, 1.82) is 0 Å². The molecule has 0 amide bonds. The lowest BCUT2D eigenvalue weighted by Crippen LogP contribution is -2.30. The van der Waals surface area contributed by atoms with Crippen molar-refractivity contribution in [2.24, 2.45) is 0 Å². The number of carbonyl (C=O) groups excluding carboxylic acids is 2. The number of carbonyl (C=O) groups is 2. The second kappa shape index (κ2) is 56.9. The van der Waals surface area contributed by atoms with E-state index in [9.17, 15) is 9.59 Å². The van der Waals surface area contributed by atoms with Gasteiger partial charge in [0.25, 0.3) is 0 Å². The molecule has 1 atom stereocenters. The highest BCUT2D eigenvalue weighted by molar-refractivity contribution is 5.70. The van der Waals surface area contributed by atoms with Gasteiger partial charge in [0.05, 0.1) is 6.61 Å². The number of allylic oxidation sites excluding steroid dienone is 10. The van der Waals surface area contributed by atoms with Crippen LogP contribution in [0.15, 0.2) is 60.8 Å². The van der Waals surface area contributed by atoms with Gasteiger partial charge in [-0.2, -0.15) is 0 Å². The van der Waals surface area contributed by atoms with Crippen LogP contribution in [0.3, 0.4) is 0 Å². The Balaban J connectivity index is 4.30. The molecule has 0 N–H and O–H groups in total. The van der Waals surface area contributed by atoms with Crippen molar-refractivity contribution in [2.45, 2.75) is 297 Å². The summed E-state index contributed by atoms with van der Waals surface area (Å²) < 4.78 is 17.5. The van der Waals surface area contributed by atoms with Crippen LogP contribution in [0, 0.1) is 0 Å². The monoisotopic (exact) mass is 923 g/mol. The van der Waals surface area contributed by atoms with Gasteiger partial charge in [0.15, 0.2) is 6.10 Å². The highest BCUT2D eigenvalue weighted by Crippen LogP contribution is 2.16. The molecule has 0 aromatic rings. The molecular weight excluding hydrogens is 813 g/mol. The van der Waals surface area contributed by atoms with Crippen LogP contribution in [-0.4, -0.2) is 37.9 Å². The fourth-order valence-electron chi connectivity index (χ4n) is 8.26. The molecule has 0 heterocycles. The molecule has 0 aliphatic rings. The molecule has 0 bridgehead atoms. The van der Waals surface area contributed by atoms with Crippen LogP contribution < -0.4 is 0 Å². The van der Waals surface area contributed by atoms with Crippen LogP contribution in [0.2, 0.25) is 0 Å². The molecule has 1 unspecified atom stereocenters. The molecule has 384 valence electrons. The first kappa shape index (κ1) is 63.6. The van der Waals surface area contributed by atoms with Crippen molar-refractivity contribution in [1.82, 2.24) is 0 Å². The minimum Gasteiger partial charge on any atom is -0.462 e. The average Bonchev–Trinajstić information content (AvgIpc) is 3.32. The molecular formula is C61H110O5. The van der Waals surface area contributed by atoms with E-state index in [2.05, 4.69) is 81.5 Å². The van der Waals surface area contributed by atoms with Crippen molar-refractivity contribution in [3.8, 4) is 0 Å². The van der Waals surface area contributed by atoms with Crippen LogP contribution in [0.25, 0.3) is 0 Å². The molecule has 0 radical (unpaired) electrons. The van der Waals surface area contributed by atoms with Crippen LogP contribution >= 0.6 is 0 Å². The van der Waals surface area contributed by atoms with Crippen molar-refractivity contribution in [2.75, 3.05) is 19.8 Å². The van der Waals surface area contributed by atoms with Gasteiger partial charge in [0, 0.05) is 19.4 Å². The minimum atomic E-state index is -0.549. The average molecular weight is 924 g/mol. The predicted octanol–water partition coefficient (Wildman–Crippen LogP) is 19.7. The number of rotatable bonds is 53. The maximum absolute atomic E-state index is 12.9. The lowest BCUT2D eigenvalue weighted by atomic mass is 10.0. The first-order valence-electron chi connectivity index (χ1n) is 28.8. The van der Waals surface area contributed by atoms with Crippen molar-refractivity contribution in [3.63, 3.8) is 0 Å². The second-order valence-electron chi connectivity index (χ2n) is 19.2. The van der Waals surface area contributed by atoms with Gasteiger partial charge in [-0.05, 0) is 83.5 Å². The molecule has 0 saturated heterocycles. The molecule has 0 aromatic carbocycles. The van der Waals surface area contributed by atoms with E-state index in [1.807, 2.05) is 0 Å². The summed E-state index contributed by atoms with van der Waals surface area (Å²) in [4.78, 5) is 25.5. The first-order chi connectivity index (χ1) is 32.6. The predicted molar refractivity (Wildman–Crippen MR) is 288 cm³/mol. The molecule has 0 spiro atoms. The fraction of sp³-hybridized carbons (Fsp3) is 0.803. The zero-order valence-corrected chi connectivity index (χ0v) is 44.2.